The molecular formula is C30H32N2O5. The average molecular weight is 501 g/mol. The predicted molar refractivity (Wildman–Crippen MR) is 145 cm³/mol. The molecule has 1 aliphatic rings. The number of Topliss-reactive ketones (excluding diaryl/α,β-unsaturated/α-hetero) is 1. The highest BCUT2D eigenvalue weighted by atomic mass is 16.5. The summed E-state index contributed by atoms with van der Waals surface area (Å²) in [5, 5.41) is 11.3. The Balaban J connectivity index is 1.82. The van der Waals surface area contributed by atoms with Gasteiger partial charge < -0.3 is 19.5 Å². The Labute approximate surface area is 217 Å². The summed E-state index contributed by atoms with van der Waals surface area (Å²) in [5.74, 6) is -0.325. The van der Waals surface area contributed by atoms with Crippen molar-refractivity contribution in [3.8, 4) is 11.5 Å². The van der Waals surface area contributed by atoms with Gasteiger partial charge in [-0.25, -0.2) is 0 Å². The molecule has 4 rings (SSSR count). The Morgan fingerprint density at radius 1 is 0.865 bits per heavy atom. The molecule has 1 N–H and O–H groups in total. The van der Waals surface area contributed by atoms with Crippen LogP contribution in [-0.2, 0) is 9.59 Å². The van der Waals surface area contributed by atoms with Gasteiger partial charge in [0.05, 0.1) is 24.8 Å². The van der Waals surface area contributed by atoms with Crippen molar-refractivity contribution in [2.24, 2.45) is 0 Å². The van der Waals surface area contributed by atoms with Crippen LogP contribution in [0.15, 0.2) is 78.4 Å². The van der Waals surface area contributed by atoms with E-state index in [0.29, 0.717) is 41.5 Å². The second-order valence-corrected chi connectivity index (χ2v) is 8.95. The minimum atomic E-state index is -0.801. The summed E-state index contributed by atoms with van der Waals surface area (Å²) in [7, 11) is 3.88. The van der Waals surface area contributed by atoms with Crippen LogP contribution in [0.3, 0.4) is 0 Å². The summed E-state index contributed by atoms with van der Waals surface area (Å²) in [6.45, 7) is 5.02. The maximum absolute atomic E-state index is 13.4. The summed E-state index contributed by atoms with van der Waals surface area (Å²) in [6, 6.07) is 20.7. The molecular weight excluding hydrogens is 468 g/mol. The number of carbonyl (C=O) groups is 2. The van der Waals surface area contributed by atoms with E-state index in [4.69, 9.17) is 9.47 Å². The van der Waals surface area contributed by atoms with Crippen LogP contribution in [0.5, 0.6) is 11.5 Å². The Kier molecular flexibility index (Phi) is 7.82. The van der Waals surface area contributed by atoms with Crippen molar-refractivity contribution in [2.45, 2.75) is 26.3 Å². The molecule has 192 valence electrons. The van der Waals surface area contributed by atoms with Gasteiger partial charge in [0.2, 0.25) is 0 Å². The van der Waals surface area contributed by atoms with Crippen LogP contribution < -0.4 is 19.3 Å². The topological polar surface area (TPSA) is 79.3 Å². The zero-order valence-electron chi connectivity index (χ0n) is 21.6. The van der Waals surface area contributed by atoms with Crippen molar-refractivity contribution in [3.05, 3.63) is 89.5 Å². The monoisotopic (exact) mass is 500 g/mol. The lowest BCUT2D eigenvalue weighted by Gasteiger charge is -2.26. The summed E-state index contributed by atoms with van der Waals surface area (Å²) < 4.78 is 11.2. The molecule has 3 aromatic carbocycles. The van der Waals surface area contributed by atoms with Crippen LogP contribution in [-0.4, -0.2) is 44.1 Å². The molecule has 0 spiro atoms. The molecule has 37 heavy (non-hydrogen) atoms. The Morgan fingerprint density at radius 2 is 1.46 bits per heavy atom. The normalized spacial score (nSPS) is 16.6. The minimum Gasteiger partial charge on any atom is -0.507 e. The van der Waals surface area contributed by atoms with E-state index >= 15 is 0 Å². The zero-order valence-corrected chi connectivity index (χ0v) is 21.6. The Bertz CT molecular complexity index is 1280. The first kappa shape index (κ1) is 25.8. The molecule has 3 aromatic rings. The molecule has 1 aliphatic heterocycles. The molecule has 0 saturated carbocycles. The standard InChI is InChI=1S/C30H32N2O5/c1-5-19-37-25-15-9-21(10-16-25)28(33)26-27(20-7-11-22(12-8-20)31(3)4)32(30(35)29(26)34)23-13-17-24(18-14-23)36-6-2/h7-18,27,33H,5-6,19H2,1-4H3/b28-26-. The molecule has 1 heterocycles. The van der Waals surface area contributed by atoms with Crippen LogP contribution in [0, 0.1) is 0 Å². The maximum Gasteiger partial charge on any atom is 0.300 e. The molecule has 1 atom stereocenters. The Hall–Kier alpha value is -4.26. The molecule has 0 aliphatic carbocycles. The van der Waals surface area contributed by atoms with Crippen LogP contribution >= 0.6 is 0 Å². The van der Waals surface area contributed by atoms with Crippen molar-refractivity contribution in [1.29, 1.82) is 0 Å². The number of aliphatic hydroxyl groups excluding tert-OH is 1. The lowest BCUT2D eigenvalue weighted by molar-refractivity contribution is -0.132. The number of carbonyl (C=O) groups excluding carboxylic acids is 2. The summed E-state index contributed by atoms with van der Waals surface area (Å²) in [6.07, 6.45) is 0.878. The van der Waals surface area contributed by atoms with Gasteiger partial charge in [0.25, 0.3) is 11.7 Å². The van der Waals surface area contributed by atoms with Crippen molar-refractivity contribution in [1.82, 2.24) is 0 Å². The average Bonchev–Trinajstić information content (AvgIpc) is 3.18. The minimum absolute atomic E-state index is 0.0405. The second kappa shape index (κ2) is 11.2. The van der Waals surface area contributed by atoms with Crippen molar-refractivity contribution in [2.75, 3.05) is 37.1 Å². The first-order chi connectivity index (χ1) is 17.8. The van der Waals surface area contributed by atoms with E-state index in [-0.39, 0.29) is 11.3 Å². The number of rotatable bonds is 9. The maximum atomic E-state index is 13.4. The van der Waals surface area contributed by atoms with Gasteiger partial charge in [-0.1, -0.05) is 19.1 Å². The zero-order chi connectivity index (χ0) is 26.5. The summed E-state index contributed by atoms with van der Waals surface area (Å²) >= 11 is 0. The third-order valence-electron chi connectivity index (χ3n) is 6.20. The molecule has 7 nitrogen and oxygen atoms in total. The van der Waals surface area contributed by atoms with Crippen LogP contribution in [0.2, 0.25) is 0 Å². The Morgan fingerprint density at radius 3 is 2.03 bits per heavy atom. The molecule has 0 bridgehead atoms. The van der Waals surface area contributed by atoms with Gasteiger partial charge in [-0.05, 0) is 79.6 Å². The molecule has 1 fully saturated rings. The summed E-state index contributed by atoms with van der Waals surface area (Å²) in [4.78, 5) is 30.1. The smallest absolute Gasteiger partial charge is 0.300 e. The quantitative estimate of drug-likeness (QED) is 0.235. The third kappa shape index (κ3) is 5.31. The van der Waals surface area contributed by atoms with E-state index in [1.165, 1.54) is 4.90 Å². The predicted octanol–water partition coefficient (Wildman–Crippen LogP) is 5.57. The van der Waals surface area contributed by atoms with Gasteiger partial charge in [-0.15, -0.1) is 0 Å². The number of hydrogen-bond donors (Lipinski definition) is 1. The van der Waals surface area contributed by atoms with Crippen LogP contribution in [0.4, 0.5) is 11.4 Å². The molecule has 0 aromatic heterocycles. The van der Waals surface area contributed by atoms with Gasteiger partial charge in [0, 0.05) is 31.0 Å². The van der Waals surface area contributed by atoms with Crippen molar-refractivity contribution >= 4 is 28.8 Å². The highest BCUT2D eigenvalue weighted by molar-refractivity contribution is 6.51. The lowest BCUT2D eigenvalue weighted by atomic mass is 9.95. The van der Waals surface area contributed by atoms with E-state index in [1.54, 1.807) is 48.5 Å². The first-order valence-corrected chi connectivity index (χ1v) is 12.4. The van der Waals surface area contributed by atoms with Gasteiger partial charge >= 0.3 is 0 Å². The number of benzene rings is 3. The second-order valence-electron chi connectivity index (χ2n) is 8.95. The van der Waals surface area contributed by atoms with E-state index in [0.717, 1.165) is 12.1 Å². The molecule has 1 unspecified atom stereocenters. The van der Waals surface area contributed by atoms with E-state index in [2.05, 4.69) is 0 Å². The fourth-order valence-corrected chi connectivity index (χ4v) is 4.32. The molecule has 1 amide bonds. The van der Waals surface area contributed by atoms with Crippen molar-refractivity contribution < 1.29 is 24.2 Å². The highest BCUT2D eigenvalue weighted by Crippen LogP contribution is 2.42. The fraction of sp³-hybridized carbons (Fsp3) is 0.267. The largest absolute Gasteiger partial charge is 0.507 e. The van der Waals surface area contributed by atoms with Gasteiger partial charge in [-0.3, -0.25) is 14.5 Å². The number of amides is 1. The van der Waals surface area contributed by atoms with E-state index < -0.39 is 17.7 Å². The van der Waals surface area contributed by atoms with E-state index in [9.17, 15) is 14.7 Å². The van der Waals surface area contributed by atoms with E-state index in [1.807, 2.05) is 57.1 Å². The summed E-state index contributed by atoms with van der Waals surface area (Å²) in [5.41, 5.74) is 2.70. The molecule has 1 saturated heterocycles. The SMILES string of the molecule is CCCOc1ccc(/C(O)=C2/C(=O)C(=O)N(c3ccc(OCC)cc3)C2c2ccc(N(C)C)cc2)cc1. The number of aliphatic hydroxyl groups is 1. The third-order valence-corrected chi connectivity index (χ3v) is 6.20. The number of ketones is 1. The molecule has 0 radical (unpaired) electrons. The highest BCUT2D eigenvalue weighted by Gasteiger charge is 2.47. The number of hydrogen-bond acceptors (Lipinski definition) is 6. The van der Waals surface area contributed by atoms with Gasteiger partial charge in [0.15, 0.2) is 0 Å². The van der Waals surface area contributed by atoms with Gasteiger partial charge in [-0.2, -0.15) is 0 Å². The lowest BCUT2D eigenvalue weighted by Crippen LogP contribution is -2.29. The number of ether oxygens (including phenoxy) is 2. The number of anilines is 2. The number of nitrogens with zero attached hydrogens (tertiary/aromatic N) is 2. The first-order valence-electron chi connectivity index (χ1n) is 12.4. The molecule has 7 heteroatoms. The van der Waals surface area contributed by atoms with Gasteiger partial charge in [0.1, 0.15) is 17.3 Å². The van der Waals surface area contributed by atoms with Crippen LogP contribution in [0.1, 0.15) is 37.4 Å². The van der Waals surface area contributed by atoms with Crippen molar-refractivity contribution in [3.63, 3.8) is 0 Å². The van der Waals surface area contributed by atoms with Crippen LogP contribution in [0.25, 0.3) is 5.76 Å². The fourth-order valence-electron chi connectivity index (χ4n) is 4.32.